The van der Waals surface area contributed by atoms with E-state index < -0.39 is 15.8 Å². The summed E-state index contributed by atoms with van der Waals surface area (Å²) in [6, 6.07) is 8.44. The predicted octanol–water partition coefficient (Wildman–Crippen LogP) is 3.53. The van der Waals surface area contributed by atoms with Gasteiger partial charge >= 0.3 is 0 Å². The molecule has 2 rings (SSSR count). The molecule has 0 radical (unpaired) electrons. The fourth-order valence-corrected chi connectivity index (χ4v) is 3.54. The third-order valence-electron chi connectivity index (χ3n) is 2.95. The number of nitrogen functional groups attached to an aromatic ring is 1. The van der Waals surface area contributed by atoms with Crippen LogP contribution in [0, 0.1) is 5.82 Å². The zero-order valence-electron chi connectivity index (χ0n) is 11.2. The maximum atomic E-state index is 13.0. The highest BCUT2D eigenvalue weighted by Crippen LogP contribution is 2.26. The SMILES string of the molecule is CCc1cc(Br)ccc1NS(=O)(=O)c1ccc(F)cc1N. The number of nitrogens with two attached hydrogens (primary N) is 1. The molecule has 7 heteroatoms. The van der Waals surface area contributed by atoms with Crippen molar-refractivity contribution in [1.29, 1.82) is 0 Å². The van der Waals surface area contributed by atoms with Gasteiger partial charge in [-0.15, -0.1) is 0 Å². The van der Waals surface area contributed by atoms with Gasteiger partial charge in [0.05, 0.1) is 11.4 Å². The highest BCUT2D eigenvalue weighted by Gasteiger charge is 2.19. The molecule has 2 aromatic rings. The van der Waals surface area contributed by atoms with E-state index in [1.165, 1.54) is 0 Å². The Labute approximate surface area is 131 Å². The van der Waals surface area contributed by atoms with Crippen LogP contribution in [0.1, 0.15) is 12.5 Å². The van der Waals surface area contributed by atoms with Gasteiger partial charge in [-0.25, -0.2) is 12.8 Å². The smallest absolute Gasteiger partial charge is 0.263 e. The zero-order chi connectivity index (χ0) is 15.6. The third-order valence-corrected chi connectivity index (χ3v) is 4.89. The van der Waals surface area contributed by atoms with Gasteiger partial charge in [-0.2, -0.15) is 0 Å². The van der Waals surface area contributed by atoms with Crippen molar-refractivity contribution in [2.75, 3.05) is 10.5 Å². The molecule has 0 fully saturated rings. The fourth-order valence-electron chi connectivity index (χ4n) is 1.92. The summed E-state index contributed by atoms with van der Waals surface area (Å²) in [6.07, 6.45) is 0.663. The Kier molecular flexibility index (Phi) is 4.53. The molecule has 0 saturated heterocycles. The van der Waals surface area contributed by atoms with Crippen LogP contribution in [0.2, 0.25) is 0 Å². The lowest BCUT2D eigenvalue weighted by Crippen LogP contribution is -2.16. The van der Waals surface area contributed by atoms with Crippen LogP contribution < -0.4 is 10.5 Å². The van der Waals surface area contributed by atoms with Gasteiger partial charge in [0, 0.05) is 4.47 Å². The van der Waals surface area contributed by atoms with Gasteiger partial charge in [0.15, 0.2) is 0 Å². The van der Waals surface area contributed by atoms with Crippen molar-refractivity contribution >= 4 is 37.3 Å². The minimum atomic E-state index is -3.86. The van der Waals surface area contributed by atoms with Crippen molar-refractivity contribution in [3.8, 4) is 0 Å². The summed E-state index contributed by atoms with van der Waals surface area (Å²) in [7, 11) is -3.86. The highest BCUT2D eigenvalue weighted by molar-refractivity contribution is 9.10. The maximum absolute atomic E-state index is 13.0. The first kappa shape index (κ1) is 15.8. The van der Waals surface area contributed by atoms with Gasteiger partial charge in [0.2, 0.25) is 0 Å². The van der Waals surface area contributed by atoms with Crippen LogP contribution in [0.5, 0.6) is 0 Å². The van der Waals surface area contributed by atoms with Gasteiger partial charge < -0.3 is 5.73 Å². The maximum Gasteiger partial charge on any atom is 0.263 e. The molecule has 0 aliphatic rings. The van der Waals surface area contributed by atoms with E-state index in [0.717, 1.165) is 28.2 Å². The largest absolute Gasteiger partial charge is 0.398 e. The third kappa shape index (κ3) is 3.54. The molecule has 21 heavy (non-hydrogen) atoms. The van der Waals surface area contributed by atoms with E-state index in [9.17, 15) is 12.8 Å². The summed E-state index contributed by atoms with van der Waals surface area (Å²) in [6.45, 7) is 1.92. The Hall–Kier alpha value is -1.60. The summed E-state index contributed by atoms with van der Waals surface area (Å²) in [5, 5.41) is 0. The number of sulfonamides is 1. The van der Waals surface area contributed by atoms with E-state index in [2.05, 4.69) is 20.7 Å². The van der Waals surface area contributed by atoms with Crippen molar-refractivity contribution in [2.45, 2.75) is 18.2 Å². The van der Waals surface area contributed by atoms with E-state index in [1.807, 2.05) is 13.0 Å². The Bertz CT molecular complexity index is 779. The number of benzene rings is 2. The zero-order valence-corrected chi connectivity index (χ0v) is 13.6. The molecule has 3 N–H and O–H groups in total. The van der Waals surface area contributed by atoms with Gasteiger partial charge in [0.1, 0.15) is 10.7 Å². The molecule has 0 aliphatic heterocycles. The van der Waals surface area contributed by atoms with E-state index in [4.69, 9.17) is 5.73 Å². The van der Waals surface area contributed by atoms with Crippen LogP contribution in [0.3, 0.4) is 0 Å². The summed E-state index contributed by atoms with van der Waals surface area (Å²) in [5.74, 6) is -0.579. The van der Waals surface area contributed by atoms with Crippen LogP contribution in [0.25, 0.3) is 0 Å². The molecular formula is C14H14BrFN2O2S. The van der Waals surface area contributed by atoms with Crippen LogP contribution in [-0.2, 0) is 16.4 Å². The lowest BCUT2D eigenvalue weighted by molar-refractivity contribution is 0.600. The average molecular weight is 373 g/mol. The van der Waals surface area contributed by atoms with Crippen molar-refractivity contribution in [1.82, 2.24) is 0 Å². The minimum absolute atomic E-state index is 0.127. The Morgan fingerprint density at radius 2 is 1.95 bits per heavy atom. The number of halogens is 2. The number of nitrogens with one attached hydrogen (secondary N) is 1. The quantitative estimate of drug-likeness (QED) is 0.806. The summed E-state index contributed by atoms with van der Waals surface area (Å²) in [5.41, 5.74) is 6.78. The second-order valence-electron chi connectivity index (χ2n) is 4.44. The number of aryl methyl sites for hydroxylation is 1. The molecule has 0 saturated carbocycles. The molecule has 0 aliphatic carbocycles. The normalized spacial score (nSPS) is 11.4. The second kappa shape index (κ2) is 6.03. The van der Waals surface area contributed by atoms with Gasteiger partial charge in [-0.1, -0.05) is 22.9 Å². The molecule has 4 nitrogen and oxygen atoms in total. The minimum Gasteiger partial charge on any atom is -0.398 e. The number of rotatable bonds is 4. The number of anilines is 2. The highest BCUT2D eigenvalue weighted by atomic mass is 79.9. The van der Waals surface area contributed by atoms with Crippen molar-refractivity contribution < 1.29 is 12.8 Å². The van der Waals surface area contributed by atoms with E-state index in [1.54, 1.807) is 12.1 Å². The summed E-state index contributed by atoms with van der Waals surface area (Å²) < 4.78 is 41.1. The molecule has 0 amide bonds. The van der Waals surface area contributed by atoms with Crippen LogP contribution in [0.15, 0.2) is 45.8 Å². The summed E-state index contributed by atoms with van der Waals surface area (Å²) >= 11 is 3.34. The monoisotopic (exact) mass is 372 g/mol. The number of hydrogen-bond acceptors (Lipinski definition) is 3. The first-order valence-electron chi connectivity index (χ1n) is 6.19. The standard InChI is InChI=1S/C14H14BrFN2O2S/c1-2-9-7-10(15)3-5-13(9)18-21(19,20)14-6-4-11(16)8-12(14)17/h3-8,18H,2,17H2,1H3. The number of hydrogen-bond donors (Lipinski definition) is 2. The van der Waals surface area contributed by atoms with E-state index in [0.29, 0.717) is 12.1 Å². The second-order valence-corrected chi connectivity index (χ2v) is 7.01. The van der Waals surface area contributed by atoms with E-state index >= 15 is 0 Å². The average Bonchev–Trinajstić information content (AvgIpc) is 2.40. The Balaban J connectivity index is 2.42. The molecule has 112 valence electrons. The fraction of sp³-hybridized carbons (Fsp3) is 0.143. The molecule has 0 spiro atoms. The molecule has 0 atom stereocenters. The predicted molar refractivity (Wildman–Crippen MR) is 85.1 cm³/mol. The van der Waals surface area contributed by atoms with E-state index in [-0.39, 0.29) is 10.6 Å². The molecule has 0 bridgehead atoms. The lowest BCUT2D eigenvalue weighted by atomic mass is 10.1. The van der Waals surface area contributed by atoms with Crippen LogP contribution in [-0.4, -0.2) is 8.42 Å². The van der Waals surface area contributed by atoms with Gasteiger partial charge in [-0.3, -0.25) is 4.72 Å². The van der Waals surface area contributed by atoms with Crippen molar-refractivity contribution in [3.05, 3.63) is 52.3 Å². The molecule has 0 heterocycles. The van der Waals surface area contributed by atoms with Gasteiger partial charge in [0.25, 0.3) is 10.0 Å². The Morgan fingerprint density at radius 3 is 2.57 bits per heavy atom. The molecule has 0 aromatic heterocycles. The first-order valence-corrected chi connectivity index (χ1v) is 8.47. The van der Waals surface area contributed by atoms with Gasteiger partial charge in [-0.05, 0) is 48.4 Å². The molecule has 2 aromatic carbocycles. The van der Waals surface area contributed by atoms with Crippen LogP contribution in [0.4, 0.5) is 15.8 Å². The molecular weight excluding hydrogens is 359 g/mol. The van der Waals surface area contributed by atoms with Crippen LogP contribution >= 0.6 is 15.9 Å². The molecule has 0 unspecified atom stereocenters. The first-order chi connectivity index (χ1) is 9.83. The van der Waals surface area contributed by atoms with Crippen molar-refractivity contribution in [2.24, 2.45) is 0 Å². The lowest BCUT2D eigenvalue weighted by Gasteiger charge is -2.13. The van der Waals surface area contributed by atoms with Crippen molar-refractivity contribution in [3.63, 3.8) is 0 Å². The summed E-state index contributed by atoms with van der Waals surface area (Å²) in [4.78, 5) is -0.145. The topological polar surface area (TPSA) is 72.2 Å². The Morgan fingerprint density at radius 1 is 1.24 bits per heavy atom.